The summed E-state index contributed by atoms with van der Waals surface area (Å²) >= 11 is 0. The van der Waals surface area contributed by atoms with Crippen LogP contribution in [0, 0.1) is 0 Å². The van der Waals surface area contributed by atoms with E-state index in [9.17, 15) is 0 Å². The number of hydrogen-bond donors (Lipinski definition) is 0. The number of rotatable bonds is 28. The summed E-state index contributed by atoms with van der Waals surface area (Å²) < 4.78 is 27.7. The zero-order chi connectivity index (χ0) is 22.5. The number of hydrogen-bond acceptors (Lipinski definition) is 5. The largest absolute Gasteiger partial charge is 0.379 e. The summed E-state index contributed by atoms with van der Waals surface area (Å²) in [7, 11) is 0. The quantitative estimate of drug-likeness (QED) is 0.127. The van der Waals surface area contributed by atoms with E-state index in [0.717, 1.165) is 19.6 Å². The average Bonchev–Trinajstić information content (AvgIpc) is 2.78. The molecule has 0 unspecified atom stereocenters. The van der Waals surface area contributed by atoms with Gasteiger partial charge in [-0.3, -0.25) is 0 Å². The van der Waals surface area contributed by atoms with Gasteiger partial charge in [0, 0.05) is 13.2 Å². The van der Waals surface area contributed by atoms with Crippen molar-refractivity contribution in [1.82, 2.24) is 0 Å². The van der Waals surface area contributed by atoms with Crippen molar-refractivity contribution in [3.8, 4) is 0 Å². The van der Waals surface area contributed by atoms with Crippen LogP contribution in [0.3, 0.4) is 0 Å². The fourth-order valence-electron chi connectivity index (χ4n) is 3.30. The molecule has 0 aliphatic heterocycles. The Morgan fingerprint density at radius 2 is 0.484 bits per heavy atom. The van der Waals surface area contributed by atoms with E-state index in [1.54, 1.807) is 0 Å². The van der Waals surface area contributed by atoms with Crippen molar-refractivity contribution in [1.29, 1.82) is 0 Å². The molecule has 0 heterocycles. The maximum Gasteiger partial charge on any atom is 0.0701 e. The summed E-state index contributed by atoms with van der Waals surface area (Å²) in [5, 5.41) is 0. The molecule has 0 amide bonds. The molecular weight excluding hydrogens is 392 g/mol. The smallest absolute Gasteiger partial charge is 0.0701 e. The maximum absolute atomic E-state index is 5.61. The van der Waals surface area contributed by atoms with E-state index in [1.165, 1.54) is 83.5 Å². The van der Waals surface area contributed by atoms with Gasteiger partial charge < -0.3 is 23.7 Å². The standard InChI is InChI=1S/C26H54O5/c1-3-5-7-9-11-12-14-16-18-28-20-22-30-24-26-31-25-23-29-21-19-27-17-15-13-10-8-6-4-2/h3-26H2,1-2H3. The molecule has 0 spiro atoms. The second-order valence-corrected chi connectivity index (χ2v) is 8.30. The summed E-state index contributed by atoms with van der Waals surface area (Å²) in [6, 6.07) is 0. The van der Waals surface area contributed by atoms with Gasteiger partial charge in [0.05, 0.1) is 52.9 Å². The highest BCUT2D eigenvalue weighted by Crippen LogP contribution is 2.08. The SMILES string of the molecule is CCCCCCCCCCOCCOCCOCCOCCOCCCCCCCC. The molecule has 0 fully saturated rings. The first kappa shape index (κ1) is 30.8. The molecule has 0 atom stereocenters. The molecule has 0 saturated carbocycles. The maximum atomic E-state index is 5.61. The van der Waals surface area contributed by atoms with Crippen LogP contribution in [0.5, 0.6) is 0 Å². The van der Waals surface area contributed by atoms with E-state index in [1.807, 2.05) is 0 Å². The minimum atomic E-state index is 0.607. The van der Waals surface area contributed by atoms with Crippen LogP contribution in [0.25, 0.3) is 0 Å². The highest BCUT2D eigenvalue weighted by Gasteiger charge is 1.95. The molecule has 0 aliphatic carbocycles. The van der Waals surface area contributed by atoms with E-state index in [4.69, 9.17) is 23.7 Å². The lowest BCUT2D eigenvalue weighted by molar-refractivity contribution is -0.0114. The normalized spacial score (nSPS) is 11.4. The topological polar surface area (TPSA) is 46.2 Å². The van der Waals surface area contributed by atoms with Gasteiger partial charge in [-0.05, 0) is 12.8 Å². The Morgan fingerprint density at radius 3 is 0.774 bits per heavy atom. The van der Waals surface area contributed by atoms with Gasteiger partial charge in [-0.1, -0.05) is 90.9 Å². The zero-order valence-electron chi connectivity index (χ0n) is 21.0. The van der Waals surface area contributed by atoms with Gasteiger partial charge >= 0.3 is 0 Å². The predicted octanol–water partition coefficient (Wildman–Crippen LogP) is 6.57. The van der Waals surface area contributed by atoms with Crippen molar-refractivity contribution in [2.75, 3.05) is 66.1 Å². The second-order valence-electron chi connectivity index (χ2n) is 8.30. The molecule has 0 aromatic heterocycles. The first-order valence-corrected chi connectivity index (χ1v) is 13.3. The van der Waals surface area contributed by atoms with Gasteiger partial charge in [0.1, 0.15) is 0 Å². The van der Waals surface area contributed by atoms with Crippen LogP contribution >= 0.6 is 0 Å². The average molecular weight is 447 g/mol. The Kier molecular flexibility index (Phi) is 29.6. The number of unbranched alkanes of at least 4 members (excludes halogenated alkanes) is 12. The third-order valence-corrected chi connectivity index (χ3v) is 5.27. The molecule has 0 aromatic rings. The van der Waals surface area contributed by atoms with E-state index < -0.39 is 0 Å². The molecule has 0 aromatic carbocycles. The van der Waals surface area contributed by atoms with Crippen LogP contribution in [0.1, 0.15) is 104 Å². The highest BCUT2D eigenvalue weighted by atomic mass is 16.6. The molecule has 0 saturated heterocycles. The van der Waals surface area contributed by atoms with Crippen LogP contribution in [0.2, 0.25) is 0 Å². The molecule has 0 bridgehead atoms. The van der Waals surface area contributed by atoms with Crippen LogP contribution in [-0.4, -0.2) is 66.1 Å². The third kappa shape index (κ3) is 29.8. The molecule has 0 N–H and O–H groups in total. The van der Waals surface area contributed by atoms with Gasteiger partial charge in [-0.25, -0.2) is 0 Å². The molecule has 5 nitrogen and oxygen atoms in total. The van der Waals surface area contributed by atoms with Crippen molar-refractivity contribution < 1.29 is 23.7 Å². The molecule has 188 valence electrons. The monoisotopic (exact) mass is 446 g/mol. The molecule has 31 heavy (non-hydrogen) atoms. The van der Waals surface area contributed by atoms with E-state index >= 15 is 0 Å². The minimum absolute atomic E-state index is 0.607. The lowest BCUT2D eigenvalue weighted by atomic mass is 10.1. The van der Waals surface area contributed by atoms with Crippen molar-refractivity contribution in [2.24, 2.45) is 0 Å². The van der Waals surface area contributed by atoms with Crippen molar-refractivity contribution >= 4 is 0 Å². The summed E-state index contributed by atoms with van der Waals surface area (Å²) in [4.78, 5) is 0. The first-order valence-electron chi connectivity index (χ1n) is 13.3. The minimum Gasteiger partial charge on any atom is -0.379 e. The summed E-state index contributed by atoms with van der Waals surface area (Å²) in [6.45, 7) is 11.3. The van der Waals surface area contributed by atoms with Gasteiger partial charge in [0.15, 0.2) is 0 Å². The van der Waals surface area contributed by atoms with E-state index in [0.29, 0.717) is 52.9 Å². The van der Waals surface area contributed by atoms with Crippen LogP contribution in [0.4, 0.5) is 0 Å². The molecule has 0 rings (SSSR count). The lowest BCUT2D eigenvalue weighted by Gasteiger charge is -2.08. The Morgan fingerprint density at radius 1 is 0.258 bits per heavy atom. The molecule has 5 heteroatoms. The van der Waals surface area contributed by atoms with Crippen molar-refractivity contribution in [3.05, 3.63) is 0 Å². The van der Waals surface area contributed by atoms with Crippen molar-refractivity contribution in [2.45, 2.75) is 104 Å². The zero-order valence-corrected chi connectivity index (χ0v) is 21.0. The molecular formula is C26H54O5. The summed E-state index contributed by atoms with van der Waals surface area (Å²) in [5.41, 5.74) is 0. The lowest BCUT2D eigenvalue weighted by Crippen LogP contribution is -2.13. The Balaban J connectivity index is 2.98. The Hall–Kier alpha value is -0.200. The first-order chi connectivity index (χ1) is 15.4. The van der Waals surface area contributed by atoms with Gasteiger partial charge in [0.25, 0.3) is 0 Å². The van der Waals surface area contributed by atoms with Crippen LogP contribution in [0.15, 0.2) is 0 Å². The fourth-order valence-corrected chi connectivity index (χ4v) is 3.30. The number of ether oxygens (including phenoxy) is 5. The van der Waals surface area contributed by atoms with Gasteiger partial charge in [0.2, 0.25) is 0 Å². The van der Waals surface area contributed by atoms with Gasteiger partial charge in [-0.2, -0.15) is 0 Å². The fraction of sp³-hybridized carbons (Fsp3) is 1.00. The molecule has 0 radical (unpaired) electrons. The van der Waals surface area contributed by atoms with Crippen LogP contribution in [-0.2, 0) is 23.7 Å². The van der Waals surface area contributed by atoms with Crippen molar-refractivity contribution in [3.63, 3.8) is 0 Å². The van der Waals surface area contributed by atoms with Gasteiger partial charge in [-0.15, -0.1) is 0 Å². The van der Waals surface area contributed by atoms with Crippen LogP contribution < -0.4 is 0 Å². The second kappa shape index (κ2) is 29.8. The van der Waals surface area contributed by atoms with E-state index in [-0.39, 0.29) is 0 Å². The predicted molar refractivity (Wildman–Crippen MR) is 130 cm³/mol. The summed E-state index contributed by atoms with van der Waals surface area (Å²) in [6.07, 6.45) is 18.5. The molecule has 0 aliphatic rings. The summed E-state index contributed by atoms with van der Waals surface area (Å²) in [5.74, 6) is 0. The third-order valence-electron chi connectivity index (χ3n) is 5.27. The highest BCUT2D eigenvalue weighted by molar-refractivity contribution is 4.46. The Bertz CT molecular complexity index is 274. The van der Waals surface area contributed by atoms with E-state index in [2.05, 4.69) is 13.8 Å². The Labute approximate surface area is 193 Å².